The summed E-state index contributed by atoms with van der Waals surface area (Å²) in [6.45, 7) is 4.66. The van der Waals surface area contributed by atoms with Crippen molar-refractivity contribution in [2.75, 3.05) is 4.90 Å². The Morgan fingerprint density at radius 1 is 0.912 bits per heavy atom. The number of benzene rings is 3. The maximum absolute atomic E-state index is 13.5. The van der Waals surface area contributed by atoms with Crippen molar-refractivity contribution in [3.05, 3.63) is 107 Å². The van der Waals surface area contributed by atoms with Crippen molar-refractivity contribution < 1.29 is 9.59 Å². The van der Waals surface area contributed by atoms with E-state index >= 15 is 0 Å². The van der Waals surface area contributed by atoms with Crippen molar-refractivity contribution in [3.63, 3.8) is 0 Å². The molecule has 0 aliphatic carbocycles. The molecule has 5 nitrogen and oxygen atoms in total. The smallest absolute Gasteiger partial charge is 0.270 e. The van der Waals surface area contributed by atoms with E-state index in [4.69, 9.17) is 12.2 Å². The maximum atomic E-state index is 13.5. The molecule has 0 saturated carbocycles. The number of aryl methyl sites for hydroxylation is 2. The van der Waals surface area contributed by atoms with Crippen LogP contribution in [0.25, 0.3) is 17.0 Å². The Balaban J connectivity index is 1.57. The average molecular weight is 466 g/mol. The number of rotatable bonds is 4. The van der Waals surface area contributed by atoms with Gasteiger partial charge in [0.15, 0.2) is 5.11 Å². The molecule has 0 atom stereocenters. The van der Waals surface area contributed by atoms with Gasteiger partial charge >= 0.3 is 0 Å². The molecule has 4 aromatic rings. The number of nitrogens with zero attached hydrogens (tertiary/aromatic N) is 2. The van der Waals surface area contributed by atoms with Crippen LogP contribution in [0.2, 0.25) is 0 Å². The molecule has 168 valence electrons. The Morgan fingerprint density at radius 2 is 1.62 bits per heavy atom. The second-order valence-corrected chi connectivity index (χ2v) is 8.85. The molecule has 0 spiro atoms. The van der Waals surface area contributed by atoms with Crippen LogP contribution >= 0.6 is 12.2 Å². The minimum absolute atomic E-state index is 0.0510. The monoisotopic (exact) mass is 465 g/mol. The highest BCUT2D eigenvalue weighted by Crippen LogP contribution is 2.28. The lowest BCUT2D eigenvalue weighted by atomic mass is 10.1. The summed E-state index contributed by atoms with van der Waals surface area (Å²) in [6.07, 6.45) is 3.65. The summed E-state index contributed by atoms with van der Waals surface area (Å²) in [5.41, 5.74) is 5.82. The van der Waals surface area contributed by atoms with Crippen LogP contribution in [0.4, 0.5) is 5.69 Å². The number of carbonyl (C=O) groups excluding carboxylic acids is 2. The van der Waals surface area contributed by atoms with Gasteiger partial charge in [-0.15, -0.1) is 0 Å². The van der Waals surface area contributed by atoms with Gasteiger partial charge in [-0.1, -0.05) is 66.2 Å². The number of amides is 2. The quantitative estimate of drug-likeness (QED) is 0.258. The molecular formula is C28H23N3O2S. The first-order chi connectivity index (χ1) is 16.4. The van der Waals surface area contributed by atoms with Crippen LogP contribution in [0.15, 0.2) is 84.6 Å². The lowest BCUT2D eigenvalue weighted by Gasteiger charge is -2.29. The number of aromatic nitrogens is 1. The zero-order chi connectivity index (χ0) is 23.8. The molecular weight excluding hydrogens is 442 g/mol. The summed E-state index contributed by atoms with van der Waals surface area (Å²) in [5.74, 6) is -0.923. The fourth-order valence-corrected chi connectivity index (χ4v) is 4.53. The van der Waals surface area contributed by atoms with E-state index in [1.165, 1.54) is 16.0 Å². The lowest BCUT2D eigenvalue weighted by Crippen LogP contribution is -2.54. The Hall–Kier alpha value is -4.03. The second-order valence-electron chi connectivity index (χ2n) is 8.46. The SMILES string of the molecule is Cc1ccc(Cn2cc(/C=C3\C(=O)NC(=S)N(c4ccccc4C)C3=O)c3ccccc32)cc1. The third-order valence-corrected chi connectivity index (χ3v) is 6.34. The van der Waals surface area contributed by atoms with Gasteiger partial charge in [-0.25, -0.2) is 0 Å². The molecule has 6 heteroatoms. The predicted octanol–water partition coefficient (Wildman–Crippen LogP) is 5.14. The van der Waals surface area contributed by atoms with Crippen LogP contribution in [0.3, 0.4) is 0 Å². The van der Waals surface area contributed by atoms with Gasteiger partial charge in [0.05, 0.1) is 5.69 Å². The van der Waals surface area contributed by atoms with Gasteiger partial charge < -0.3 is 4.57 Å². The summed E-state index contributed by atoms with van der Waals surface area (Å²) in [6, 6.07) is 23.9. The van der Waals surface area contributed by atoms with Crippen molar-refractivity contribution in [2.45, 2.75) is 20.4 Å². The molecule has 1 aliphatic heterocycles. The van der Waals surface area contributed by atoms with Crippen LogP contribution in [0.5, 0.6) is 0 Å². The van der Waals surface area contributed by atoms with Crippen molar-refractivity contribution in [3.8, 4) is 0 Å². The third kappa shape index (κ3) is 3.93. The van der Waals surface area contributed by atoms with Crippen LogP contribution in [-0.2, 0) is 16.1 Å². The first kappa shape index (κ1) is 21.8. The van der Waals surface area contributed by atoms with Crippen molar-refractivity contribution in [2.24, 2.45) is 0 Å². The highest BCUT2D eigenvalue weighted by atomic mass is 32.1. The standard InChI is InChI=1S/C28H23N3O2S/c1-18-11-13-20(14-12-18)16-30-17-21(22-8-4-6-10-25(22)30)15-23-26(32)29-28(34)31(27(23)33)24-9-5-3-7-19(24)2/h3-15,17H,16H2,1-2H3,(H,29,32,34)/b23-15+. The largest absolute Gasteiger partial charge is 0.342 e. The number of para-hydroxylation sites is 2. The number of hydrogen-bond donors (Lipinski definition) is 1. The summed E-state index contributed by atoms with van der Waals surface area (Å²) in [4.78, 5) is 27.7. The fraction of sp³-hybridized carbons (Fsp3) is 0.107. The van der Waals surface area contributed by atoms with Gasteiger partial charge in [-0.2, -0.15) is 0 Å². The van der Waals surface area contributed by atoms with Gasteiger partial charge in [0, 0.05) is 29.2 Å². The molecule has 0 unspecified atom stereocenters. The Kier molecular flexibility index (Phi) is 5.59. The van der Waals surface area contributed by atoms with E-state index in [1.807, 2.05) is 61.7 Å². The molecule has 0 radical (unpaired) electrons. The van der Waals surface area contributed by atoms with E-state index in [1.54, 1.807) is 6.08 Å². The molecule has 1 aromatic heterocycles. The Bertz CT molecular complexity index is 1480. The average Bonchev–Trinajstić information content (AvgIpc) is 3.16. The van der Waals surface area contributed by atoms with Crippen molar-refractivity contribution in [1.29, 1.82) is 0 Å². The third-order valence-electron chi connectivity index (χ3n) is 6.05. The lowest BCUT2D eigenvalue weighted by molar-refractivity contribution is -0.122. The zero-order valence-corrected chi connectivity index (χ0v) is 19.7. The second kappa shape index (κ2) is 8.72. The molecule has 5 rings (SSSR count). The van der Waals surface area contributed by atoms with Gasteiger partial charge in [-0.05, 0) is 55.4 Å². The maximum Gasteiger partial charge on any atom is 0.270 e. The van der Waals surface area contributed by atoms with E-state index in [0.29, 0.717) is 12.2 Å². The predicted molar refractivity (Wildman–Crippen MR) is 140 cm³/mol. The van der Waals surface area contributed by atoms with E-state index < -0.39 is 11.8 Å². The molecule has 1 fully saturated rings. The van der Waals surface area contributed by atoms with Crippen molar-refractivity contribution >= 4 is 51.8 Å². The van der Waals surface area contributed by atoms with Crippen molar-refractivity contribution in [1.82, 2.24) is 9.88 Å². The Morgan fingerprint density at radius 3 is 2.38 bits per heavy atom. The highest BCUT2D eigenvalue weighted by Gasteiger charge is 2.35. The van der Waals surface area contributed by atoms with Gasteiger partial charge in [0.2, 0.25) is 0 Å². The van der Waals surface area contributed by atoms with Gasteiger partial charge in [-0.3, -0.25) is 19.8 Å². The molecule has 1 saturated heterocycles. The van der Waals surface area contributed by atoms with E-state index in [0.717, 1.165) is 22.0 Å². The molecule has 2 amide bonds. The molecule has 0 bridgehead atoms. The first-order valence-electron chi connectivity index (χ1n) is 11.0. The topological polar surface area (TPSA) is 54.3 Å². The van der Waals surface area contributed by atoms with Gasteiger partial charge in [0.1, 0.15) is 5.57 Å². The number of carbonyl (C=O) groups is 2. The first-order valence-corrected chi connectivity index (χ1v) is 11.4. The molecule has 1 aliphatic rings. The summed E-state index contributed by atoms with van der Waals surface area (Å²) in [5, 5.41) is 3.74. The fourth-order valence-electron chi connectivity index (χ4n) is 4.26. The van der Waals surface area contributed by atoms with E-state index in [9.17, 15) is 9.59 Å². The highest BCUT2D eigenvalue weighted by molar-refractivity contribution is 7.80. The van der Waals surface area contributed by atoms with E-state index in [-0.39, 0.29) is 10.7 Å². The summed E-state index contributed by atoms with van der Waals surface area (Å²) >= 11 is 5.35. The summed E-state index contributed by atoms with van der Waals surface area (Å²) < 4.78 is 2.14. The zero-order valence-electron chi connectivity index (χ0n) is 18.9. The Labute approximate surface area is 203 Å². The molecule has 2 heterocycles. The van der Waals surface area contributed by atoms with E-state index in [2.05, 4.69) is 41.1 Å². The minimum atomic E-state index is -0.491. The summed E-state index contributed by atoms with van der Waals surface area (Å²) in [7, 11) is 0. The normalized spacial score (nSPS) is 15.3. The molecule has 3 aromatic carbocycles. The number of thiocarbonyl (C=S) groups is 1. The molecule has 1 N–H and O–H groups in total. The molecule has 34 heavy (non-hydrogen) atoms. The van der Waals surface area contributed by atoms with Crippen LogP contribution in [0.1, 0.15) is 22.3 Å². The number of anilines is 1. The van der Waals surface area contributed by atoms with Gasteiger partial charge in [0.25, 0.3) is 11.8 Å². The number of fused-ring (bicyclic) bond motifs is 1. The van der Waals surface area contributed by atoms with Crippen LogP contribution in [-0.4, -0.2) is 21.5 Å². The minimum Gasteiger partial charge on any atom is -0.342 e. The van der Waals surface area contributed by atoms with Crippen LogP contribution in [0, 0.1) is 13.8 Å². The number of hydrogen-bond acceptors (Lipinski definition) is 3. The van der Waals surface area contributed by atoms with Crippen LogP contribution < -0.4 is 10.2 Å². The number of nitrogens with one attached hydrogen (secondary N) is 1.